The minimum Gasteiger partial charge on any atom is -0.493 e. The molecular formula is C15H23NO2S. The van der Waals surface area contributed by atoms with Crippen LogP contribution in [0.4, 0.5) is 0 Å². The van der Waals surface area contributed by atoms with E-state index in [1.54, 1.807) is 26.0 Å². The van der Waals surface area contributed by atoms with E-state index in [4.69, 9.17) is 15.2 Å². The molecule has 106 valence electrons. The summed E-state index contributed by atoms with van der Waals surface area (Å²) >= 11 is 1.68. The Morgan fingerprint density at radius 3 is 2.32 bits per heavy atom. The third kappa shape index (κ3) is 2.70. The summed E-state index contributed by atoms with van der Waals surface area (Å²) in [5, 5.41) is 0. The molecule has 1 aromatic carbocycles. The predicted molar refractivity (Wildman–Crippen MR) is 80.3 cm³/mol. The van der Waals surface area contributed by atoms with E-state index < -0.39 is 0 Å². The molecule has 3 nitrogen and oxygen atoms in total. The number of hydrogen-bond donors (Lipinski definition) is 1. The highest BCUT2D eigenvalue weighted by atomic mass is 32.2. The third-order valence-electron chi connectivity index (χ3n) is 3.99. The van der Waals surface area contributed by atoms with Gasteiger partial charge in [0.25, 0.3) is 0 Å². The number of rotatable bonds is 4. The fourth-order valence-electron chi connectivity index (χ4n) is 2.95. The zero-order chi connectivity index (χ0) is 13.9. The molecule has 1 saturated carbocycles. The summed E-state index contributed by atoms with van der Waals surface area (Å²) in [5.74, 6) is 1.58. The van der Waals surface area contributed by atoms with Gasteiger partial charge in [-0.25, -0.2) is 0 Å². The Morgan fingerprint density at radius 2 is 1.79 bits per heavy atom. The lowest BCUT2D eigenvalue weighted by atomic mass is 9.77. The Morgan fingerprint density at radius 1 is 1.11 bits per heavy atom. The topological polar surface area (TPSA) is 44.5 Å². The average molecular weight is 281 g/mol. The molecule has 1 fully saturated rings. The summed E-state index contributed by atoms with van der Waals surface area (Å²) in [4.78, 5) is 1.12. The van der Waals surface area contributed by atoms with E-state index in [-0.39, 0.29) is 5.54 Å². The van der Waals surface area contributed by atoms with Gasteiger partial charge in [0.05, 0.1) is 19.1 Å². The molecule has 0 saturated heterocycles. The minimum atomic E-state index is -0.212. The van der Waals surface area contributed by atoms with Crippen LogP contribution in [0.5, 0.6) is 11.5 Å². The Kier molecular flexibility index (Phi) is 4.63. The number of methoxy groups -OCH3 is 2. The molecule has 0 aromatic heterocycles. The van der Waals surface area contributed by atoms with E-state index in [2.05, 4.69) is 12.3 Å². The van der Waals surface area contributed by atoms with Gasteiger partial charge in [0.1, 0.15) is 0 Å². The van der Waals surface area contributed by atoms with Gasteiger partial charge in [0.15, 0.2) is 11.5 Å². The molecule has 0 unspecified atom stereocenters. The molecule has 0 radical (unpaired) electrons. The van der Waals surface area contributed by atoms with E-state index in [1.807, 2.05) is 6.07 Å². The third-order valence-corrected chi connectivity index (χ3v) is 4.80. The Labute approximate surface area is 119 Å². The van der Waals surface area contributed by atoms with Gasteiger partial charge in [-0.3, -0.25) is 0 Å². The van der Waals surface area contributed by atoms with Gasteiger partial charge < -0.3 is 15.2 Å². The lowest BCUT2D eigenvalue weighted by Crippen LogP contribution is -2.39. The maximum atomic E-state index is 6.66. The van der Waals surface area contributed by atoms with Gasteiger partial charge in [-0.1, -0.05) is 25.3 Å². The van der Waals surface area contributed by atoms with Crippen LogP contribution in [0.2, 0.25) is 0 Å². The van der Waals surface area contributed by atoms with Crippen LogP contribution >= 0.6 is 11.8 Å². The van der Waals surface area contributed by atoms with Crippen molar-refractivity contribution in [3.05, 3.63) is 17.7 Å². The van der Waals surface area contributed by atoms with Gasteiger partial charge in [-0.2, -0.15) is 0 Å². The SMILES string of the molecule is COc1ccc(C2(N)CCCCC2)c(SC)c1OC. The first kappa shape index (κ1) is 14.5. The Hall–Kier alpha value is -0.870. The molecule has 2 rings (SSSR count). The first-order valence-corrected chi connectivity index (χ1v) is 7.97. The Bertz CT molecular complexity index is 442. The first-order valence-electron chi connectivity index (χ1n) is 6.74. The summed E-state index contributed by atoms with van der Waals surface area (Å²) in [5.41, 5.74) is 7.66. The number of thioether (sulfide) groups is 1. The van der Waals surface area contributed by atoms with Crippen molar-refractivity contribution < 1.29 is 9.47 Å². The standard InChI is InChI=1S/C15H23NO2S/c1-17-12-8-7-11(14(19-3)13(12)18-2)15(16)9-5-4-6-10-15/h7-8H,4-6,9-10,16H2,1-3H3. The molecular weight excluding hydrogens is 258 g/mol. The van der Waals surface area contributed by atoms with Crippen molar-refractivity contribution in [2.45, 2.75) is 42.5 Å². The second-order valence-electron chi connectivity index (χ2n) is 5.10. The summed E-state index contributed by atoms with van der Waals surface area (Å²) < 4.78 is 10.9. The molecule has 4 heteroatoms. The van der Waals surface area contributed by atoms with Crippen molar-refractivity contribution in [3.63, 3.8) is 0 Å². The molecule has 0 bridgehead atoms. The summed E-state index contributed by atoms with van der Waals surface area (Å²) in [6.07, 6.45) is 7.87. The van der Waals surface area contributed by atoms with Crippen LogP contribution in [0.25, 0.3) is 0 Å². The lowest BCUT2D eigenvalue weighted by molar-refractivity contribution is 0.292. The van der Waals surface area contributed by atoms with Crippen molar-refractivity contribution >= 4 is 11.8 Å². The molecule has 1 aliphatic carbocycles. The van der Waals surface area contributed by atoms with E-state index >= 15 is 0 Å². The van der Waals surface area contributed by atoms with Crippen LogP contribution in [0.1, 0.15) is 37.7 Å². The zero-order valence-corrected chi connectivity index (χ0v) is 12.8. The number of ether oxygens (including phenoxy) is 2. The zero-order valence-electron chi connectivity index (χ0n) is 12.0. The van der Waals surface area contributed by atoms with Crippen molar-refractivity contribution in [1.82, 2.24) is 0 Å². The van der Waals surface area contributed by atoms with Crippen LogP contribution in [-0.2, 0) is 5.54 Å². The first-order chi connectivity index (χ1) is 9.16. The fourth-order valence-corrected chi connectivity index (χ4v) is 3.81. The van der Waals surface area contributed by atoms with Crippen LogP contribution in [0, 0.1) is 0 Å². The highest BCUT2D eigenvalue weighted by Crippen LogP contribution is 2.46. The van der Waals surface area contributed by atoms with Crippen LogP contribution in [0.3, 0.4) is 0 Å². The van der Waals surface area contributed by atoms with Gasteiger partial charge in [0.2, 0.25) is 0 Å². The van der Waals surface area contributed by atoms with Crippen LogP contribution in [-0.4, -0.2) is 20.5 Å². The summed E-state index contributed by atoms with van der Waals surface area (Å²) in [6, 6.07) is 4.08. The molecule has 0 aliphatic heterocycles. The molecule has 19 heavy (non-hydrogen) atoms. The van der Waals surface area contributed by atoms with Gasteiger partial charge in [0, 0.05) is 5.54 Å². The highest BCUT2D eigenvalue weighted by molar-refractivity contribution is 7.98. The molecule has 0 atom stereocenters. The summed E-state index contributed by atoms with van der Waals surface area (Å²) in [6.45, 7) is 0. The highest BCUT2D eigenvalue weighted by Gasteiger charge is 2.33. The van der Waals surface area contributed by atoms with Gasteiger partial charge in [-0.05, 0) is 30.7 Å². The molecule has 1 aromatic rings. The van der Waals surface area contributed by atoms with Crippen molar-refractivity contribution in [2.75, 3.05) is 20.5 Å². The van der Waals surface area contributed by atoms with Gasteiger partial charge >= 0.3 is 0 Å². The second kappa shape index (κ2) is 6.06. The second-order valence-corrected chi connectivity index (χ2v) is 5.92. The van der Waals surface area contributed by atoms with E-state index in [0.29, 0.717) is 0 Å². The number of nitrogens with two attached hydrogens (primary N) is 1. The fraction of sp³-hybridized carbons (Fsp3) is 0.600. The van der Waals surface area contributed by atoms with Crippen molar-refractivity contribution in [3.8, 4) is 11.5 Å². The van der Waals surface area contributed by atoms with Crippen molar-refractivity contribution in [2.24, 2.45) is 5.73 Å². The number of benzene rings is 1. The average Bonchev–Trinajstić information content (AvgIpc) is 2.46. The smallest absolute Gasteiger partial charge is 0.174 e. The van der Waals surface area contributed by atoms with Crippen molar-refractivity contribution in [1.29, 1.82) is 0 Å². The number of hydrogen-bond acceptors (Lipinski definition) is 4. The molecule has 2 N–H and O–H groups in total. The predicted octanol–water partition coefficient (Wildman–Crippen LogP) is 3.54. The van der Waals surface area contributed by atoms with E-state index in [0.717, 1.165) is 29.2 Å². The minimum absolute atomic E-state index is 0.212. The maximum Gasteiger partial charge on any atom is 0.174 e. The van der Waals surface area contributed by atoms with E-state index in [1.165, 1.54) is 24.8 Å². The normalized spacial score (nSPS) is 18.1. The lowest BCUT2D eigenvalue weighted by Gasteiger charge is -2.35. The molecule has 0 spiro atoms. The monoisotopic (exact) mass is 281 g/mol. The van der Waals surface area contributed by atoms with Crippen LogP contribution in [0.15, 0.2) is 17.0 Å². The summed E-state index contributed by atoms with van der Waals surface area (Å²) in [7, 11) is 3.35. The van der Waals surface area contributed by atoms with E-state index in [9.17, 15) is 0 Å². The maximum absolute atomic E-state index is 6.66. The van der Waals surface area contributed by atoms with Crippen LogP contribution < -0.4 is 15.2 Å². The quantitative estimate of drug-likeness (QED) is 0.857. The Balaban J connectivity index is 2.50. The largest absolute Gasteiger partial charge is 0.493 e. The molecule has 1 aliphatic rings. The molecule has 0 amide bonds. The van der Waals surface area contributed by atoms with Gasteiger partial charge in [-0.15, -0.1) is 11.8 Å². The molecule has 0 heterocycles.